The van der Waals surface area contributed by atoms with Crippen LogP contribution in [0.25, 0.3) is 10.9 Å². The highest BCUT2D eigenvalue weighted by molar-refractivity contribution is 6.06. The van der Waals surface area contributed by atoms with Crippen LogP contribution in [0.2, 0.25) is 0 Å². The number of ether oxygens (including phenoxy) is 1. The summed E-state index contributed by atoms with van der Waals surface area (Å²) in [5, 5.41) is 10.5. The Labute approximate surface area is 148 Å². The summed E-state index contributed by atoms with van der Waals surface area (Å²) in [6.07, 6.45) is 2.63. The number of hydrogen-bond acceptors (Lipinski definition) is 4. The molecule has 1 aromatic carbocycles. The molecule has 1 amide bonds. The van der Waals surface area contributed by atoms with Crippen LogP contribution in [-0.4, -0.2) is 47.7 Å². The van der Waals surface area contributed by atoms with Crippen LogP contribution in [0.5, 0.6) is 5.75 Å². The highest BCUT2D eigenvalue weighted by Gasteiger charge is 2.34. The average Bonchev–Trinajstić information content (AvgIpc) is 2.66. The molecule has 2 aromatic rings. The zero-order valence-corrected chi connectivity index (χ0v) is 15.2. The molecule has 0 aliphatic carbocycles. The molecule has 1 aliphatic heterocycles. The van der Waals surface area contributed by atoms with Crippen LogP contribution >= 0.6 is 0 Å². The maximum absolute atomic E-state index is 13.1. The minimum absolute atomic E-state index is 0.0315. The first-order chi connectivity index (χ1) is 12.0. The Bertz CT molecular complexity index is 774. The molecule has 1 N–H and O–H groups in total. The van der Waals surface area contributed by atoms with Crippen molar-refractivity contribution < 1.29 is 14.6 Å². The third-order valence-electron chi connectivity index (χ3n) is 5.57. The van der Waals surface area contributed by atoms with Crippen LogP contribution < -0.4 is 4.74 Å². The van der Waals surface area contributed by atoms with E-state index in [1.807, 2.05) is 36.1 Å². The van der Waals surface area contributed by atoms with Crippen molar-refractivity contribution in [1.82, 2.24) is 9.88 Å². The van der Waals surface area contributed by atoms with Crippen molar-refractivity contribution in [3.05, 3.63) is 35.5 Å². The van der Waals surface area contributed by atoms with E-state index in [-0.39, 0.29) is 17.9 Å². The van der Waals surface area contributed by atoms with Crippen molar-refractivity contribution in [2.24, 2.45) is 5.41 Å². The number of amides is 1. The number of hydrogen-bond donors (Lipinski definition) is 1. The smallest absolute Gasteiger partial charge is 0.254 e. The topological polar surface area (TPSA) is 62.7 Å². The van der Waals surface area contributed by atoms with Crippen LogP contribution in [-0.2, 0) is 0 Å². The number of pyridine rings is 1. The van der Waals surface area contributed by atoms with Gasteiger partial charge in [-0.1, -0.05) is 6.92 Å². The number of carbonyl (C=O) groups is 1. The molecule has 1 fully saturated rings. The molecular formula is C20H26N2O3. The number of methoxy groups -OCH3 is 1. The summed E-state index contributed by atoms with van der Waals surface area (Å²) < 4.78 is 5.31. The molecule has 2 heterocycles. The highest BCUT2D eigenvalue weighted by Crippen LogP contribution is 2.35. The van der Waals surface area contributed by atoms with E-state index < -0.39 is 0 Å². The van der Waals surface area contributed by atoms with Gasteiger partial charge in [0.2, 0.25) is 0 Å². The molecule has 5 heteroatoms. The van der Waals surface area contributed by atoms with Gasteiger partial charge in [-0.15, -0.1) is 0 Å². The summed E-state index contributed by atoms with van der Waals surface area (Å²) >= 11 is 0. The number of fused-ring (bicyclic) bond motifs is 1. The number of aliphatic hydroxyl groups excluding tert-OH is 1. The Kier molecular flexibility index (Phi) is 4.95. The fourth-order valence-corrected chi connectivity index (χ4v) is 3.62. The zero-order valence-electron chi connectivity index (χ0n) is 15.2. The molecule has 0 radical (unpaired) electrons. The number of likely N-dealkylation sites (tertiary alicyclic amines) is 1. The van der Waals surface area contributed by atoms with E-state index >= 15 is 0 Å². The molecule has 0 unspecified atom stereocenters. The molecule has 134 valence electrons. The lowest BCUT2D eigenvalue weighted by atomic mass is 9.77. The molecule has 0 bridgehead atoms. The van der Waals surface area contributed by atoms with Gasteiger partial charge >= 0.3 is 0 Å². The number of piperidine rings is 1. The number of rotatable bonds is 4. The van der Waals surface area contributed by atoms with Gasteiger partial charge in [0, 0.05) is 30.8 Å². The molecule has 3 rings (SSSR count). The van der Waals surface area contributed by atoms with Crippen molar-refractivity contribution in [2.45, 2.75) is 33.1 Å². The lowest BCUT2D eigenvalue weighted by Gasteiger charge is -2.40. The van der Waals surface area contributed by atoms with Crippen molar-refractivity contribution in [1.29, 1.82) is 0 Å². The van der Waals surface area contributed by atoms with E-state index in [0.29, 0.717) is 18.7 Å². The minimum Gasteiger partial charge on any atom is -0.497 e. The largest absolute Gasteiger partial charge is 0.497 e. The van der Waals surface area contributed by atoms with Crippen LogP contribution in [0.4, 0.5) is 0 Å². The van der Waals surface area contributed by atoms with Gasteiger partial charge in [-0.25, -0.2) is 0 Å². The van der Waals surface area contributed by atoms with Gasteiger partial charge in [-0.2, -0.15) is 0 Å². The highest BCUT2D eigenvalue weighted by atomic mass is 16.5. The summed E-state index contributed by atoms with van der Waals surface area (Å²) in [5.74, 6) is 0.752. The number of aromatic nitrogens is 1. The summed E-state index contributed by atoms with van der Waals surface area (Å²) in [4.78, 5) is 19.6. The Morgan fingerprint density at radius 3 is 2.64 bits per heavy atom. The fourth-order valence-electron chi connectivity index (χ4n) is 3.62. The minimum atomic E-state index is -0.0315. The Hall–Kier alpha value is -2.14. The van der Waals surface area contributed by atoms with E-state index in [1.165, 1.54) is 0 Å². The van der Waals surface area contributed by atoms with Gasteiger partial charge in [-0.3, -0.25) is 9.78 Å². The Morgan fingerprint density at radius 2 is 2.04 bits per heavy atom. The Balaban J connectivity index is 1.92. The molecule has 1 saturated heterocycles. The molecule has 25 heavy (non-hydrogen) atoms. The van der Waals surface area contributed by atoms with Crippen molar-refractivity contribution in [3.63, 3.8) is 0 Å². The second-order valence-corrected chi connectivity index (χ2v) is 7.00. The second kappa shape index (κ2) is 7.00. The van der Waals surface area contributed by atoms with Gasteiger partial charge in [0.15, 0.2) is 0 Å². The van der Waals surface area contributed by atoms with Crippen LogP contribution in [0, 0.1) is 12.3 Å². The normalized spacial score (nSPS) is 16.9. The first kappa shape index (κ1) is 17.7. The van der Waals surface area contributed by atoms with Crippen LogP contribution in [0.1, 0.15) is 42.2 Å². The summed E-state index contributed by atoms with van der Waals surface area (Å²) in [6.45, 7) is 5.57. The maximum Gasteiger partial charge on any atom is 0.254 e. The third-order valence-corrected chi connectivity index (χ3v) is 5.57. The van der Waals surface area contributed by atoms with Gasteiger partial charge < -0.3 is 14.7 Å². The molecule has 0 saturated carbocycles. The van der Waals surface area contributed by atoms with E-state index in [9.17, 15) is 9.90 Å². The third kappa shape index (κ3) is 3.33. The van der Waals surface area contributed by atoms with E-state index in [4.69, 9.17) is 4.74 Å². The first-order valence-electron chi connectivity index (χ1n) is 8.87. The van der Waals surface area contributed by atoms with Crippen molar-refractivity contribution in [2.75, 3.05) is 26.8 Å². The first-order valence-corrected chi connectivity index (χ1v) is 8.87. The quantitative estimate of drug-likeness (QED) is 0.927. The summed E-state index contributed by atoms with van der Waals surface area (Å²) in [5.41, 5.74) is 2.28. The number of aryl methyl sites for hydroxylation is 1. The molecule has 0 atom stereocenters. The predicted molar refractivity (Wildman–Crippen MR) is 98.0 cm³/mol. The van der Waals surface area contributed by atoms with E-state index in [0.717, 1.165) is 41.6 Å². The number of carbonyl (C=O) groups excluding carboxylic acids is 1. The van der Waals surface area contributed by atoms with Crippen LogP contribution in [0.3, 0.4) is 0 Å². The molecule has 0 spiro atoms. The van der Waals surface area contributed by atoms with Gasteiger partial charge in [0.25, 0.3) is 5.91 Å². The van der Waals surface area contributed by atoms with Crippen molar-refractivity contribution >= 4 is 16.8 Å². The number of benzene rings is 1. The van der Waals surface area contributed by atoms with Gasteiger partial charge in [0.1, 0.15) is 5.75 Å². The lowest BCUT2D eigenvalue weighted by molar-refractivity contribution is 0.0339. The second-order valence-electron chi connectivity index (χ2n) is 7.00. The van der Waals surface area contributed by atoms with Crippen molar-refractivity contribution in [3.8, 4) is 5.75 Å². The molecule has 1 aliphatic rings. The number of aliphatic hydroxyl groups is 1. The number of nitrogens with zero attached hydrogens (tertiary/aromatic N) is 2. The lowest BCUT2D eigenvalue weighted by Crippen LogP contribution is -2.44. The molecular weight excluding hydrogens is 316 g/mol. The maximum atomic E-state index is 13.1. The van der Waals surface area contributed by atoms with Crippen LogP contribution in [0.15, 0.2) is 24.3 Å². The summed E-state index contributed by atoms with van der Waals surface area (Å²) in [7, 11) is 1.62. The average molecular weight is 342 g/mol. The SMILES string of the molecule is CCC1(CO)CCN(C(=O)c2cc(C)nc3ccc(OC)cc23)CC1. The van der Waals surface area contributed by atoms with E-state index in [1.54, 1.807) is 7.11 Å². The van der Waals surface area contributed by atoms with E-state index in [2.05, 4.69) is 11.9 Å². The van der Waals surface area contributed by atoms with Gasteiger partial charge in [0.05, 0.1) is 18.2 Å². The fraction of sp³-hybridized carbons (Fsp3) is 0.500. The van der Waals surface area contributed by atoms with Gasteiger partial charge in [-0.05, 0) is 55.9 Å². The monoisotopic (exact) mass is 342 g/mol. The Morgan fingerprint density at radius 1 is 1.32 bits per heavy atom. The predicted octanol–water partition coefficient (Wildman–Crippen LogP) is 3.18. The summed E-state index contributed by atoms with van der Waals surface area (Å²) in [6, 6.07) is 7.49. The molecule has 1 aromatic heterocycles. The molecule has 5 nitrogen and oxygen atoms in total. The standard InChI is InChI=1S/C20H26N2O3/c1-4-20(13-23)7-9-22(10-8-20)19(24)17-11-14(2)21-18-6-5-15(25-3)12-16(17)18/h5-6,11-12,23H,4,7-10,13H2,1-3H3. The zero-order chi connectivity index (χ0) is 18.0.